The number of aromatic hydroxyl groups is 2. The number of benzene rings is 1. The van der Waals surface area contributed by atoms with E-state index in [0.29, 0.717) is 12.4 Å². The molecule has 1 aromatic rings. The van der Waals surface area contributed by atoms with Crippen molar-refractivity contribution in [2.45, 2.75) is 78.6 Å². The van der Waals surface area contributed by atoms with Crippen LogP contribution in [0.4, 0.5) is 0 Å². The van der Waals surface area contributed by atoms with Crippen molar-refractivity contribution in [3.05, 3.63) is 17.2 Å². The zero-order valence-corrected chi connectivity index (χ0v) is 14.5. The topological polar surface area (TPSA) is 49.7 Å². The highest BCUT2D eigenvalue weighted by molar-refractivity contribution is 5.57. The Morgan fingerprint density at radius 3 is 2.18 bits per heavy atom. The van der Waals surface area contributed by atoms with Crippen LogP contribution < -0.4 is 4.74 Å². The van der Waals surface area contributed by atoms with Gasteiger partial charge in [-0.05, 0) is 30.9 Å². The molecule has 0 bridgehead atoms. The largest absolute Gasteiger partial charge is 0.504 e. The van der Waals surface area contributed by atoms with Crippen molar-refractivity contribution in [3.63, 3.8) is 0 Å². The van der Waals surface area contributed by atoms with Crippen molar-refractivity contribution < 1.29 is 14.9 Å². The number of rotatable bonds is 11. The third-order valence-electron chi connectivity index (χ3n) is 3.94. The van der Waals surface area contributed by atoms with E-state index in [-0.39, 0.29) is 11.5 Å². The van der Waals surface area contributed by atoms with Gasteiger partial charge in [0.15, 0.2) is 11.5 Å². The maximum Gasteiger partial charge on any atom is 0.200 e. The summed E-state index contributed by atoms with van der Waals surface area (Å²) in [7, 11) is 0. The Kier molecular flexibility index (Phi) is 8.79. The second-order valence-electron chi connectivity index (χ2n) is 5.97. The predicted molar refractivity (Wildman–Crippen MR) is 92.0 cm³/mol. The summed E-state index contributed by atoms with van der Waals surface area (Å²) in [6, 6.07) is 1.69. The number of ether oxygens (including phenoxy) is 1. The van der Waals surface area contributed by atoms with Crippen molar-refractivity contribution in [3.8, 4) is 17.2 Å². The molecule has 1 aromatic carbocycles. The van der Waals surface area contributed by atoms with Crippen molar-refractivity contribution in [2.24, 2.45) is 0 Å². The summed E-state index contributed by atoms with van der Waals surface area (Å²) < 4.78 is 5.86. The maximum absolute atomic E-state index is 10.2. The van der Waals surface area contributed by atoms with E-state index < -0.39 is 0 Å². The Morgan fingerprint density at radius 2 is 1.55 bits per heavy atom. The molecule has 0 unspecified atom stereocenters. The van der Waals surface area contributed by atoms with Crippen LogP contribution in [0.25, 0.3) is 0 Å². The predicted octanol–water partition coefficient (Wildman–Crippen LogP) is 5.35. The van der Waals surface area contributed by atoms with Crippen LogP contribution in [0.2, 0.25) is 0 Å². The molecule has 0 aromatic heterocycles. The summed E-state index contributed by atoms with van der Waals surface area (Å²) in [6.07, 6.45) is 9.64. The average Bonchev–Trinajstić information content (AvgIpc) is 2.50. The molecule has 0 fully saturated rings. The molecule has 1 rings (SSSR count). The highest BCUT2D eigenvalue weighted by atomic mass is 16.5. The van der Waals surface area contributed by atoms with Gasteiger partial charge in [0.25, 0.3) is 0 Å². The molecule has 3 heteroatoms. The molecule has 0 atom stereocenters. The van der Waals surface area contributed by atoms with Gasteiger partial charge in [-0.1, -0.05) is 59.3 Å². The standard InChI is InChI=1S/C19H32O3/c1-4-7-8-9-10-13-22-19-16(12-6-3)15(11-5-2)14-17(20)18(19)21/h14,20-21H,4-13H2,1-3H3. The fourth-order valence-corrected chi connectivity index (χ4v) is 2.78. The van der Waals surface area contributed by atoms with Crippen LogP contribution in [0.1, 0.15) is 76.8 Å². The lowest BCUT2D eigenvalue weighted by Crippen LogP contribution is -2.04. The Balaban J connectivity index is 2.80. The molecule has 3 nitrogen and oxygen atoms in total. The van der Waals surface area contributed by atoms with E-state index in [1.807, 2.05) is 0 Å². The number of hydrogen-bond donors (Lipinski definition) is 2. The van der Waals surface area contributed by atoms with E-state index in [4.69, 9.17) is 4.74 Å². The van der Waals surface area contributed by atoms with Crippen LogP contribution in [-0.4, -0.2) is 16.8 Å². The van der Waals surface area contributed by atoms with Gasteiger partial charge < -0.3 is 14.9 Å². The Morgan fingerprint density at radius 1 is 0.864 bits per heavy atom. The lowest BCUT2D eigenvalue weighted by atomic mass is 9.97. The van der Waals surface area contributed by atoms with Gasteiger partial charge in [0.05, 0.1) is 6.61 Å². The number of phenols is 2. The van der Waals surface area contributed by atoms with Crippen LogP contribution in [0.3, 0.4) is 0 Å². The van der Waals surface area contributed by atoms with Gasteiger partial charge in [0, 0.05) is 5.56 Å². The molecule has 2 N–H and O–H groups in total. The minimum atomic E-state index is -0.100. The Hall–Kier alpha value is -1.38. The van der Waals surface area contributed by atoms with Gasteiger partial charge in [0.1, 0.15) is 0 Å². The maximum atomic E-state index is 10.2. The van der Waals surface area contributed by atoms with Crippen LogP contribution >= 0.6 is 0 Å². The molecule has 0 radical (unpaired) electrons. The molecule has 0 spiro atoms. The molecule has 0 aliphatic heterocycles. The third kappa shape index (κ3) is 5.43. The summed E-state index contributed by atoms with van der Waals surface area (Å²) in [5.74, 6) is 0.335. The van der Waals surface area contributed by atoms with Crippen molar-refractivity contribution in [1.29, 1.82) is 0 Å². The first-order chi connectivity index (χ1) is 10.7. The zero-order chi connectivity index (χ0) is 16.4. The van der Waals surface area contributed by atoms with Gasteiger partial charge in [-0.3, -0.25) is 0 Å². The molecule has 0 aliphatic rings. The molecular weight excluding hydrogens is 276 g/mol. The highest BCUT2D eigenvalue weighted by Crippen LogP contribution is 2.41. The second kappa shape index (κ2) is 10.4. The minimum Gasteiger partial charge on any atom is -0.504 e. The van der Waals surface area contributed by atoms with Crippen LogP contribution in [0.15, 0.2) is 6.07 Å². The molecule has 126 valence electrons. The van der Waals surface area contributed by atoms with Crippen molar-refractivity contribution in [2.75, 3.05) is 6.61 Å². The van der Waals surface area contributed by atoms with Crippen LogP contribution in [0, 0.1) is 0 Å². The van der Waals surface area contributed by atoms with Gasteiger partial charge in [-0.2, -0.15) is 0 Å². The van der Waals surface area contributed by atoms with Crippen LogP contribution in [-0.2, 0) is 12.8 Å². The van der Waals surface area contributed by atoms with Gasteiger partial charge in [-0.25, -0.2) is 0 Å². The summed E-state index contributed by atoms with van der Waals surface area (Å²) in [4.78, 5) is 0. The first-order valence-electron chi connectivity index (χ1n) is 8.85. The Bertz CT molecular complexity index is 441. The fraction of sp³-hybridized carbons (Fsp3) is 0.684. The molecule has 0 aliphatic carbocycles. The lowest BCUT2D eigenvalue weighted by molar-refractivity contribution is 0.279. The molecule has 0 saturated carbocycles. The molecular formula is C19H32O3. The SMILES string of the molecule is CCCCCCCOc1c(O)c(O)cc(CCC)c1CCC. The quantitative estimate of drug-likeness (QED) is 0.428. The number of phenolic OH excluding ortho intramolecular Hbond substituents is 2. The fourth-order valence-electron chi connectivity index (χ4n) is 2.78. The van der Waals surface area contributed by atoms with E-state index >= 15 is 0 Å². The number of unbranched alkanes of at least 4 members (excludes halogenated alkanes) is 4. The highest BCUT2D eigenvalue weighted by Gasteiger charge is 2.18. The van der Waals surface area contributed by atoms with Gasteiger partial charge in [-0.15, -0.1) is 0 Å². The van der Waals surface area contributed by atoms with Crippen molar-refractivity contribution in [1.82, 2.24) is 0 Å². The Labute approximate surface area is 135 Å². The summed E-state index contributed by atoms with van der Waals surface area (Å²) in [5.41, 5.74) is 2.16. The van der Waals surface area contributed by atoms with Crippen molar-refractivity contribution >= 4 is 0 Å². The first kappa shape index (κ1) is 18.7. The lowest BCUT2D eigenvalue weighted by Gasteiger charge is -2.17. The van der Waals surface area contributed by atoms with Crippen LogP contribution in [0.5, 0.6) is 17.2 Å². The van der Waals surface area contributed by atoms with E-state index in [9.17, 15) is 10.2 Å². The first-order valence-corrected chi connectivity index (χ1v) is 8.85. The summed E-state index contributed by atoms with van der Waals surface area (Å²) in [5, 5.41) is 20.1. The van der Waals surface area contributed by atoms with E-state index in [1.54, 1.807) is 6.07 Å². The van der Waals surface area contributed by atoms with Gasteiger partial charge in [0.2, 0.25) is 5.75 Å². The smallest absolute Gasteiger partial charge is 0.200 e. The number of aryl methyl sites for hydroxylation is 1. The normalized spacial score (nSPS) is 10.9. The van der Waals surface area contributed by atoms with E-state index in [2.05, 4.69) is 20.8 Å². The molecule has 0 saturated heterocycles. The summed E-state index contributed by atoms with van der Waals surface area (Å²) >= 11 is 0. The zero-order valence-electron chi connectivity index (χ0n) is 14.5. The second-order valence-corrected chi connectivity index (χ2v) is 5.97. The number of hydrogen-bond acceptors (Lipinski definition) is 3. The molecule has 0 heterocycles. The van der Waals surface area contributed by atoms with Gasteiger partial charge >= 0.3 is 0 Å². The summed E-state index contributed by atoms with van der Waals surface area (Å²) in [6.45, 7) is 7.04. The third-order valence-corrected chi connectivity index (χ3v) is 3.94. The minimum absolute atomic E-state index is 0.0655. The average molecular weight is 308 g/mol. The molecule has 22 heavy (non-hydrogen) atoms. The monoisotopic (exact) mass is 308 g/mol. The van der Waals surface area contributed by atoms with E-state index in [0.717, 1.165) is 49.7 Å². The van der Waals surface area contributed by atoms with E-state index in [1.165, 1.54) is 19.3 Å². The molecule has 0 amide bonds.